The zero-order chi connectivity index (χ0) is 18.2. The van der Waals surface area contributed by atoms with Crippen molar-refractivity contribution in [1.82, 2.24) is 5.32 Å². The van der Waals surface area contributed by atoms with Crippen LogP contribution in [-0.4, -0.2) is 23.4 Å². The summed E-state index contributed by atoms with van der Waals surface area (Å²) in [6.07, 6.45) is 0.893. The Morgan fingerprint density at radius 1 is 1.08 bits per heavy atom. The summed E-state index contributed by atoms with van der Waals surface area (Å²) in [5, 5.41) is 5.68. The van der Waals surface area contributed by atoms with E-state index in [1.54, 1.807) is 48.5 Å². The molecule has 0 fully saturated rings. The minimum atomic E-state index is -0.331. The minimum absolute atomic E-state index is 0.0394. The van der Waals surface area contributed by atoms with E-state index in [0.29, 0.717) is 29.2 Å². The summed E-state index contributed by atoms with van der Waals surface area (Å²) >= 11 is 5.16. The maximum absolute atomic E-state index is 12.3. The lowest BCUT2D eigenvalue weighted by Crippen LogP contribution is -2.34. The standard InChI is InChI=1S/C19H20N2O3S/c1-3-10-24-17-9-5-7-15(12-17)18(23)21-19(25)20-16-8-4-6-14(11-16)13(2)22/h4-9,11-12H,3,10H2,1-2H3,(H2,20,21,23,25). The summed E-state index contributed by atoms with van der Waals surface area (Å²) in [6, 6.07) is 13.8. The third kappa shape index (κ3) is 5.69. The third-order valence-electron chi connectivity index (χ3n) is 3.32. The lowest BCUT2D eigenvalue weighted by molar-refractivity contribution is 0.0975. The van der Waals surface area contributed by atoms with E-state index in [4.69, 9.17) is 17.0 Å². The highest BCUT2D eigenvalue weighted by atomic mass is 32.1. The third-order valence-corrected chi connectivity index (χ3v) is 3.53. The van der Waals surface area contributed by atoms with Crippen molar-refractivity contribution < 1.29 is 14.3 Å². The first-order valence-electron chi connectivity index (χ1n) is 7.96. The molecule has 0 saturated carbocycles. The fraction of sp³-hybridized carbons (Fsp3) is 0.211. The van der Waals surface area contributed by atoms with Crippen LogP contribution in [0.4, 0.5) is 5.69 Å². The van der Waals surface area contributed by atoms with Crippen molar-refractivity contribution in [1.29, 1.82) is 0 Å². The Labute approximate surface area is 152 Å². The smallest absolute Gasteiger partial charge is 0.257 e. The van der Waals surface area contributed by atoms with Crippen molar-refractivity contribution in [3.8, 4) is 5.75 Å². The van der Waals surface area contributed by atoms with Gasteiger partial charge in [0.2, 0.25) is 0 Å². The second-order valence-corrected chi connectivity index (χ2v) is 5.83. The second kappa shape index (κ2) is 8.94. The number of nitrogens with one attached hydrogen (secondary N) is 2. The van der Waals surface area contributed by atoms with E-state index < -0.39 is 0 Å². The van der Waals surface area contributed by atoms with Crippen molar-refractivity contribution in [2.45, 2.75) is 20.3 Å². The maximum atomic E-state index is 12.3. The highest BCUT2D eigenvalue weighted by Gasteiger charge is 2.09. The SMILES string of the molecule is CCCOc1cccc(C(=O)NC(=S)Nc2cccc(C(C)=O)c2)c1. The number of ketones is 1. The van der Waals surface area contributed by atoms with Crippen molar-refractivity contribution in [2.75, 3.05) is 11.9 Å². The van der Waals surface area contributed by atoms with E-state index in [9.17, 15) is 9.59 Å². The first-order valence-corrected chi connectivity index (χ1v) is 8.36. The van der Waals surface area contributed by atoms with Crippen molar-refractivity contribution in [3.05, 3.63) is 59.7 Å². The number of ether oxygens (including phenoxy) is 1. The average molecular weight is 356 g/mol. The molecule has 0 atom stereocenters. The summed E-state index contributed by atoms with van der Waals surface area (Å²) in [4.78, 5) is 23.7. The molecule has 2 aromatic rings. The molecule has 2 N–H and O–H groups in total. The predicted octanol–water partition coefficient (Wildman–Crippen LogP) is 3.80. The van der Waals surface area contributed by atoms with Crippen LogP contribution in [0.3, 0.4) is 0 Å². The maximum Gasteiger partial charge on any atom is 0.257 e. The molecule has 6 heteroatoms. The largest absolute Gasteiger partial charge is 0.494 e. The molecule has 0 bridgehead atoms. The number of thiocarbonyl (C=S) groups is 1. The molecule has 0 heterocycles. The van der Waals surface area contributed by atoms with Gasteiger partial charge in [0.1, 0.15) is 5.75 Å². The molecule has 130 valence electrons. The number of carbonyl (C=O) groups is 2. The molecule has 0 radical (unpaired) electrons. The van der Waals surface area contributed by atoms with Crippen LogP contribution in [0.2, 0.25) is 0 Å². The van der Waals surface area contributed by atoms with Gasteiger partial charge in [0.05, 0.1) is 6.61 Å². The number of carbonyl (C=O) groups excluding carboxylic acids is 2. The predicted molar refractivity (Wildman–Crippen MR) is 102 cm³/mol. The minimum Gasteiger partial charge on any atom is -0.494 e. The van der Waals surface area contributed by atoms with Gasteiger partial charge in [-0.1, -0.05) is 25.1 Å². The van der Waals surface area contributed by atoms with Gasteiger partial charge in [-0.15, -0.1) is 0 Å². The Bertz CT molecular complexity index is 790. The zero-order valence-electron chi connectivity index (χ0n) is 14.2. The van der Waals surface area contributed by atoms with Crippen LogP contribution < -0.4 is 15.4 Å². The van der Waals surface area contributed by atoms with Gasteiger partial charge in [-0.2, -0.15) is 0 Å². The topological polar surface area (TPSA) is 67.4 Å². The van der Waals surface area contributed by atoms with Crippen molar-refractivity contribution >= 4 is 34.7 Å². The van der Waals surface area contributed by atoms with Gasteiger partial charge in [-0.05, 0) is 55.9 Å². The summed E-state index contributed by atoms with van der Waals surface area (Å²) < 4.78 is 5.52. The van der Waals surface area contributed by atoms with Gasteiger partial charge < -0.3 is 10.1 Å². The first-order chi connectivity index (χ1) is 12.0. The van der Waals surface area contributed by atoms with Crippen LogP contribution in [0.1, 0.15) is 41.0 Å². The first kappa shape index (κ1) is 18.6. The molecule has 1 amide bonds. The van der Waals surface area contributed by atoms with Crippen LogP contribution in [0.15, 0.2) is 48.5 Å². The number of anilines is 1. The average Bonchev–Trinajstić information content (AvgIpc) is 2.60. The Morgan fingerprint density at radius 3 is 2.52 bits per heavy atom. The van der Waals surface area contributed by atoms with Crippen LogP contribution in [0.25, 0.3) is 0 Å². The highest BCUT2D eigenvalue weighted by Crippen LogP contribution is 2.14. The molecule has 5 nitrogen and oxygen atoms in total. The van der Waals surface area contributed by atoms with Crippen LogP contribution in [0, 0.1) is 0 Å². The quantitative estimate of drug-likeness (QED) is 0.609. The molecule has 0 aliphatic carbocycles. The number of Topliss-reactive ketones (excluding diaryl/α,β-unsaturated/α-hetero) is 1. The molecule has 25 heavy (non-hydrogen) atoms. The molecule has 2 rings (SSSR count). The number of hydrogen-bond acceptors (Lipinski definition) is 4. The van der Waals surface area contributed by atoms with Crippen LogP contribution in [-0.2, 0) is 0 Å². The van der Waals surface area contributed by atoms with E-state index in [2.05, 4.69) is 10.6 Å². The number of benzene rings is 2. The van der Waals surface area contributed by atoms with Gasteiger partial charge in [0.15, 0.2) is 10.9 Å². The second-order valence-electron chi connectivity index (χ2n) is 5.42. The van der Waals surface area contributed by atoms with Crippen molar-refractivity contribution in [2.24, 2.45) is 0 Å². The molecule has 0 saturated heterocycles. The van der Waals surface area contributed by atoms with E-state index in [1.165, 1.54) is 6.92 Å². The van der Waals surface area contributed by atoms with E-state index >= 15 is 0 Å². The van der Waals surface area contributed by atoms with Gasteiger partial charge in [0, 0.05) is 16.8 Å². The molecule has 0 aliphatic heterocycles. The molecule has 0 aliphatic rings. The fourth-order valence-electron chi connectivity index (χ4n) is 2.10. The molecule has 0 aromatic heterocycles. The Hall–Kier alpha value is -2.73. The van der Waals surface area contributed by atoms with E-state index in [-0.39, 0.29) is 16.8 Å². The molecule has 0 spiro atoms. The Balaban J connectivity index is 1.99. The van der Waals surface area contributed by atoms with Gasteiger partial charge in [0.25, 0.3) is 5.91 Å². The van der Waals surface area contributed by atoms with Crippen LogP contribution in [0.5, 0.6) is 5.75 Å². The van der Waals surface area contributed by atoms with E-state index in [1.807, 2.05) is 6.92 Å². The number of rotatable bonds is 6. The number of hydrogen-bond donors (Lipinski definition) is 2. The van der Waals surface area contributed by atoms with Crippen LogP contribution >= 0.6 is 12.2 Å². The van der Waals surface area contributed by atoms with Gasteiger partial charge >= 0.3 is 0 Å². The Morgan fingerprint density at radius 2 is 1.80 bits per heavy atom. The monoisotopic (exact) mass is 356 g/mol. The number of amides is 1. The summed E-state index contributed by atoms with van der Waals surface area (Å²) in [5.41, 5.74) is 1.66. The molecular weight excluding hydrogens is 336 g/mol. The summed E-state index contributed by atoms with van der Waals surface area (Å²) in [7, 11) is 0. The zero-order valence-corrected chi connectivity index (χ0v) is 15.0. The Kier molecular flexibility index (Phi) is 6.65. The summed E-state index contributed by atoms with van der Waals surface area (Å²) in [5.74, 6) is 0.271. The van der Waals surface area contributed by atoms with Gasteiger partial charge in [-0.25, -0.2) is 0 Å². The molecular formula is C19H20N2O3S. The van der Waals surface area contributed by atoms with Crippen molar-refractivity contribution in [3.63, 3.8) is 0 Å². The highest BCUT2D eigenvalue weighted by molar-refractivity contribution is 7.80. The lowest BCUT2D eigenvalue weighted by atomic mass is 10.1. The summed E-state index contributed by atoms with van der Waals surface area (Å²) in [6.45, 7) is 4.10. The molecule has 2 aromatic carbocycles. The normalized spacial score (nSPS) is 10.0. The van der Waals surface area contributed by atoms with E-state index in [0.717, 1.165) is 6.42 Å². The lowest BCUT2D eigenvalue weighted by Gasteiger charge is -2.11. The van der Waals surface area contributed by atoms with Gasteiger partial charge in [-0.3, -0.25) is 14.9 Å². The fourth-order valence-corrected chi connectivity index (χ4v) is 2.31. The molecule has 0 unspecified atom stereocenters.